The van der Waals surface area contributed by atoms with Gasteiger partial charge in [0.15, 0.2) is 11.5 Å². The molecule has 0 spiro atoms. The summed E-state index contributed by atoms with van der Waals surface area (Å²) in [6.45, 7) is 5.64. The van der Waals surface area contributed by atoms with Gasteiger partial charge in [-0.05, 0) is 44.0 Å². The average Bonchev–Trinajstić information content (AvgIpc) is 2.71. The molecule has 0 saturated heterocycles. The van der Waals surface area contributed by atoms with Crippen LogP contribution < -0.4 is 20.1 Å². The van der Waals surface area contributed by atoms with E-state index < -0.39 is 12.0 Å². The van der Waals surface area contributed by atoms with Crippen molar-refractivity contribution in [3.8, 4) is 11.5 Å². The lowest BCUT2D eigenvalue weighted by molar-refractivity contribution is -0.140. The van der Waals surface area contributed by atoms with Gasteiger partial charge in [0.25, 0.3) is 0 Å². The van der Waals surface area contributed by atoms with Crippen LogP contribution in [0.4, 0.5) is 4.79 Å². The van der Waals surface area contributed by atoms with Crippen molar-refractivity contribution in [1.29, 1.82) is 0 Å². The molecule has 1 atom stereocenters. The van der Waals surface area contributed by atoms with Gasteiger partial charge in [-0.1, -0.05) is 36.4 Å². The van der Waals surface area contributed by atoms with E-state index in [1.54, 1.807) is 32.2 Å². The number of amides is 2. The van der Waals surface area contributed by atoms with Crippen molar-refractivity contribution in [3.05, 3.63) is 70.9 Å². The fourth-order valence-electron chi connectivity index (χ4n) is 3.23. The first-order valence-electron chi connectivity index (χ1n) is 9.73. The summed E-state index contributed by atoms with van der Waals surface area (Å²) in [4.78, 5) is 25.1. The van der Waals surface area contributed by atoms with Crippen LogP contribution in [0.15, 0.2) is 59.8 Å². The standard InChI is InChI=1S/C23H26N2O5/c1-14(2)30-19-12-17(10-11-18(19)28-4)21-20(15(3)24-23(27)25-21)22(26)29-13-16-8-6-5-7-9-16/h5-12,14,21H,13H2,1-4H3,(H2,24,25,27). The maximum absolute atomic E-state index is 12.9. The van der Waals surface area contributed by atoms with Crippen molar-refractivity contribution in [3.63, 3.8) is 0 Å². The van der Waals surface area contributed by atoms with Crippen LogP contribution in [0.1, 0.15) is 37.9 Å². The van der Waals surface area contributed by atoms with Gasteiger partial charge in [0.05, 0.1) is 24.8 Å². The predicted molar refractivity (Wildman–Crippen MR) is 112 cm³/mol. The summed E-state index contributed by atoms with van der Waals surface area (Å²) in [5, 5.41) is 5.46. The second-order valence-corrected chi connectivity index (χ2v) is 7.21. The van der Waals surface area contributed by atoms with Crippen LogP contribution in [0.25, 0.3) is 0 Å². The molecule has 0 fully saturated rings. The lowest BCUT2D eigenvalue weighted by atomic mass is 9.95. The molecule has 2 aromatic carbocycles. The first-order chi connectivity index (χ1) is 14.4. The highest BCUT2D eigenvalue weighted by Gasteiger charge is 2.33. The quantitative estimate of drug-likeness (QED) is 0.677. The number of allylic oxidation sites excluding steroid dienone is 1. The molecular formula is C23H26N2O5. The molecular weight excluding hydrogens is 384 g/mol. The zero-order valence-corrected chi connectivity index (χ0v) is 17.5. The molecule has 30 heavy (non-hydrogen) atoms. The van der Waals surface area contributed by atoms with Gasteiger partial charge in [-0.2, -0.15) is 0 Å². The largest absolute Gasteiger partial charge is 0.493 e. The van der Waals surface area contributed by atoms with Crippen LogP contribution in [0.2, 0.25) is 0 Å². The Bertz CT molecular complexity index is 953. The summed E-state index contributed by atoms with van der Waals surface area (Å²) in [6.07, 6.45) is -0.0654. The Kier molecular flexibility index (Phi) is 6.61. The van der Waals surface area contributed by atoms with Gasteiger partial charge in [0.1, 0.15) is 6.61 Å². The number of hydrogen-bond acceptors (Lipinski definition) is 5. The number of urea groups is 1. The molecule has 2 amide bonds. The molecule has 1 aliphatic heterocycles. The van der Waals surface area contributed by atoms with Crippen molar-refractivity contribution >= 4 is 12.0 Å². The number of hydrogen-bond donors (Lipinski definition) is 2. The van der Waals surface area contributed by atoms with E-state index in [0.29, 0.717) is 28.3 Å². The van der Waals surface area contributed by atoms with E-state index in [4.69, 9.17) is 14.2 Å². The van der Waals surface area contributed by atoms with Crippen LogP contribution in [0, 0.1) is 0 Å². The SMILES string of the molecule is COc1ccc(C2NC(=O)NC(C)=C2C(=O)OCc2ccccc2)cc1OC(C)C. The molecule has 7 nitrogen and oxygen atoms in total. The Labute approximate surface area is 176 Å². The van der Waals surface area contributed by atoms with Crippen LogP contribution in [0.5, 0.6) is 11.5 Å². The van der Waals surface area contributed by atoms with Gasteiger partial charge in [-0.3, -0.25) is 0 Å². The molecule has 2 N–H and O–H groups in total. The number of rotatable bonds is 7. The lowest BCUT2D eigenvalue weighted by Gasteiger charge is -2.28. The Hall–Kier alpha value is -3.48. The minimum atomic E-state index is -0.678. The summed E-state index contributed by atoms with van der Waals surface area (Å²) in [6, 6.07) is 13.7. The molecule has 2 aromatic rings. The molecule has 3 rings (SSSR count). The molecule has 7 heteroatoms. The highest BCUT2D eigenvalue weighted by molar-refractivity contribution is 5.95. The smallest absolute Gasteiger partial charge is 0.338 e. The highest BCUT2D eigenvalue weighted by atomic mass is 16.5. The van der Waals surface area contributed by atoms with E-state index in [1.807, 2.05) is 44.2 Å². The lowest BCUT2D eigenvalue weighted by Crippen LogP contribution is -2.45. The maximum Gasteiger partial charge on any atom is 0.338 e. The molecule has 0 saturated carbocycles. The van der Waals surface area contributed by atoms with Crippen LogP contribution in [-0.4, -0.2) is 25.2 Å². The number of ether oxygens (including phenoxy) is 3. The minimum Gasteiger partial charge on any atom is -0.493 e. The van der Waals surface area contributed by atoms with Gasteiger partial charge in [0.2, 0.25) is 0 Å². The van der Waals surface area contributed by atoms with Crippen LogP contribution >= 0.6 is 0 Å². The zero-order valence-electron chi connectivity index (χ0n) is 17.5. The molecule has 158 valence electrons. The van der Waals surface area contributed by atoms with Gasteiger partial charge in [0, 0.05) is 5.70 Å². The molecule has 0 aromatic heterocycles. The highest BCUT2D eigenvalue weighted by Crippen LogP contribution is 2.35. The number of benzene rings is 2. The van der Waals surface area contributed by atoms with Gasteiger partial charge in [-0.15, -0.1) is 0 Å². The summed E-state index contributed by atoms with van der Waals surface area (Å²) >= 11 is 0. The molecule has 0 bridgehead atoms. The minimum absolute atomic E-state index is 0.0654. The Morgan fingerprint density at radius 2 is 1.83 bits per heavy atom. The molecule has 1 unspecified atom stereocenters. The van der Waals surface area contributed by atoms with Gasteiger partial charge >= 0.3 is 12.0 Å². The van der Waals surface area contributed by atoms with Crippen LogP contribution in [0.3, 0.4) is 0 Å². The Balaban J connectivity index is 1.90. The van der Waals surface area contributed by atoms with Crippen LogP contribution in [-0.2, 0) is 16.1 Å². The normalized spacial score (nSPS) is 16.0. The Morgan fingerprint density at radius 1 is 1.10 bits per heavy atom. The molecule has 0 radical (unpaired) electrons. The molecule has 1 heterocycles. The van der Waals surface area contributed by atoms with E-state index in [9.17, 15) is 9.59 Å². The van der Waals surface area contributed by atoms with E-state index in [0.717, 1.165) is 5.56 Å². The van der Waals surface area contributed by atoms with E-state index in [2.05, 4.69) is 10.6 Å². The first-order valence-corrected chi connectivity index (χ1v) is 9.73. The predicted octanol–water partition coefficient (Wildman–Crippen LogP) is 3.85. The number of methoxy groups -OCH3 is 1. The summed E-state index contributed by atoms with van der Waals surface area (Å²) in [5.41, 5.74) is 2.35. The van der Waals surface area contributed by atoms with Gasteiger partial charge < -0.3 is 24.8 Å². The van der Waals surface area contributed by atoms with Crippen molar-refractivity contribution in [2.45, 2.75) is 39.5 Å². The summed E-state index contributed by atoms with van der Waals surface area (Å²) in [7, 11) is 1.56. The van der Waals surface area contributed by atoms with Crippen molar-refractivity contribution in [2.75, 3.05) is 7.11 Å². The second kappa shape index (κ2) is 9.35. The number of esters is 1. The van der Waals surface area contributed by atoms with Crippen molar-refractivity contribution < 1.29 is 23.8 Å². The number of nitrogens with one attached hydrogen (secondary N) is 2. The van der Waals surface area contributed by atoms with Gasteiger partial charge in [-0.25, -0.2) is 9.59 Å². The van der Waals surface area contributed by atoms with E-state index in [-0.39, 0.29) is 18.7 Å². The van der Waals surface area contributed by atoms with Crippen molar-refractivity contribution in [2.24, 2.45) is 0 Å². The van der Waals surface area contributed by atoms with Crippen molar-refractivity contribution in [1.82, 2.24) is 10.6 Å². The average molecular weight is 410 g/mol. The summed E-state index contributed by atoms with van der Waals surface area (Å²) in [5.74, 6) is 0.602. The molecule has 1 aliphatic rings. The molecule has 0 aliphatic carbocycles. The Morgan fingerprint density at radius 3 is 2.50 bits per heavy atom. The summed E-state index contributed by atoms with van der Waals surface area (Å²) < 4.78 is 16.7. The second-order valence-electron chi connectivity index (χ2n) is 7.21. The third-order valence-corrected chi connectivity index (χ3v) is 4.59. The third-order valence-electron chi connectivity index (χ3n) is 4.59. The fraction of sp³-hybridized carbons (Fsp3) is 0.304. The van der Waals surface area contributed by atoms with E-state index >= 15 is 0 Å². The monoisotopic (exact) mass is 410 g/mol. The topological polar surface area (TPSA) is 85.9 Å². The number of carbonyl (C=O) groups excluding carboxylic acids is 2. The first kappa shape index (κ1) is 21.2. The number of carbonyl (C=O) groups is 2. The van der Waals surface area contributed by atoms with E-state index in [1.165, 1.54) is 0 Å². The fourth-order valence-corrected chi connectivity index (χ4v) is 3.23. The third kappa shape index (κ3) is 4.92. The maximum atomic E-state index is 12.9. The zero-order chi connectivity index (χ0) is 21.7.